The Morgan fingerprint density at radius 3 is 2.46 bits per heavy atom. The smallest absolute Gasteiger partial charge is 0.349 e. The van der Waals surface area contributed by atoms with Crippen LogP contribution in [0.2, 0.25) is 0 Å². The molecule has 1 N–H and O–H groups in total. The number of nitrogens with one attached hydrogen (secondary N) is 1. The van der Waals surface area contributed by atoms with Crippen molar-refractivity contribution in [3.8, 4) is 0 Å². The van der Waals surface area contributed by atoms with Crippen LogP contribution in [0.1, 0.15) is 31.4 Å². The Balaban J connectivity index is 2.12. The molecule has 0 unspecified atom stereocenters. The minimum absolute atomic E-state index is 0.0121. The molecule has 1 heterocycles. The molecule has 0 aromatic heterocycles. The van der Waals surface area contributed by atoms with Crippen LogP contribution < -0.4 is 5.32 Å². The molecular formula is C16H18F4N2O2. The van der Waals surface area contributed by atoms with E-state index in [9.17, 15) is 27.2 Å². The van der Waals surface area contributed by atoms with E-state index in [0.29, 0.717) is 6.54 Å². The number of hydrogen-bond acceptors (Lipinski definition) is 2. The molecule has 1 aliphatic heterocycles. The highest BCUT2D eigenvalue weighted by atomic mass is 19.4. The molecule has 2 amide bonds. The van der Waals surface area contributed by atoms with Crippen LogP contribution in [-0.2, 0) is 9.59 Å². The quantitative estimate of drug-likeness (QED) is 0.834. The second kappa shape index (κ2) is 7.19. The maximum absolute atomic E-state index is 13.0. The van der Waals surface area contributed by atoms with Crippen LogP contribution in [0.4, 0.5) is 17.6 Å². The molecule has 2 atom stereocenters. The summed E-state index contributed by atoms with van der Waals surface area (Å²) >= 11 is 0. The summed E-state index contributed by atoms with van der Waals surface area (Å²) < 4.78 is 51.3. The van der Waals surface area contributed by atoms with Crippen LogP contribution in [0.25, 0.3) is 0 Å². The number of rotatable bonds is 5. The first-order valence-electron chi connectivity index (χ1n) is 7.60. The average molecular weight is 346 g/mol. The van der Waals surface area contributed by atoms with Gasteiger partial charge in [0.15, 0.2) is 0 Å². The zero-order chi connectivity index (χ0) is 17.9. The Labute approximate surface area is 136 Å². The van der Waals surface area contributed by atoms with Gasteiger partial charge in [-0.1, -0.05) is 12.1 Å². The maximum atomic E-state index is 13.0. The van der Waals surface area contributed by atoms with Crippen LogP contribution >= 0.6 is 0 Å². The van der Waals surface area contributed by atoms with Crippen molar-refractivity contribution >= 4 is 11.8 Å². The number of nitrogens with zero attached hydrogens (tertiary/aromatic N) is 1. The molecule has 132 valence electrons. The molecule has 4 nitrogen and oxygen atoms in total. The van der Waals surface area contributed by atoms with Crippen molar-refractivity contribution in [1.82, 2.24) is 10.2 Å². The number of benzene rings is 1. The van der Waals surface area contributed by atoms with Gasteiger partial charge in [-0.25, -0.2) is 4.39 Å². The van der Waals surface area contributed by atoms with E-state index in [-0.39, 0.29) is 24.4 Å². The van der Waals surface area contributed by atoms with Gasteiger partial charge in [0.2, 0.25) is 11.8 Å². The lowest BCUT2D eigenvalue weighted by Crippen LogP contribution is -2.37. The summed E-state index contributed by atoms with van der Waals surface area (Å²) in [7, 11) is 0. The average Bonchev–Trinajstić information content (AvgIpc) is 2.87. The first-order chi connectivity index (χ1) is 11.2. The lowest BCUT2D eigenvalue weighted by molar-refractivity contribution is -0.143. The monoisotopic (exact) mass is 346 g/mol. The fraction of sp³-hybridized carbons (Fsp3) is 0.500. The van der Waals surface area contributed by atoms with Crippen molar-refractivity contribution in [2.45, 2.75) is 32.0 Å². The molecule has 1 aliphatic rings. The second-order valence-corrected chi connectivity index (χ2v) is 5.77. The first-order valence-corrected chi connectivity index (χ1v) is 7.60. The Kier molecular flexibility index (Phi) is 5.46. The van der Waals surface area contributed by atoms with E-state index < -0.39 is 36.3 Å². The summed E-state index contributed by atoms with van der Waals surface area (Å²) in [6.07, 6.45) is -5.77. The summed E-state index contributed by atoms with van der Waals surface area (Å²) in [6, 6.07) is 3.20. The SMILES string of the molecule is CCN1C[C@H](C(=O)N[C@H](CC(F)(F)F)c2ccc(F)cc2)CC1=O. The Morgan fingerprint density at radius 2 is 1.96 bits per heavy atom. The molecule has 1 aromatic carbocycles. The van der Waals surface area contributed by atoms with Crippen LogP contribution in [-0.4, -0.2) is 36.0 Å². The fourth-order valence-corrected chi connectivity index (χ4v) is 2.72. The third-order valence-electron chi connectivity index (χ3n) is 3.99. The van der Waals surface area contributed by atoms with Gasteiger partial charge in [-0.2, -0.15) is 13.2 Å². The van der Waals surface area contributed by atoms with E-state index in [1.807, 2.05) is 0 Å². The number of alkyl halides is 3. The van der Waals surface area contributed by atoms with Crippen LogP contribution in [0.5, 0.6) is 0 Å². The van der Waals surface area contributed by atoms with Gasteiger partial charge >= 0.3 is 6.18 Å². The summed E-state index contributed by atoms with van der Waals surface area (Å²) in [6.45, 7) is 2.42. The summed E-state index contributed by atoms with van der Waals surface area (Å²) in [5, 5.41) is 2.36. The second-order valence-electron chi connectivity index (χ2n) is 5.77. The van der Waals surface area contributed by atoms with E-state index in [1.165, 1.54) is 17.0 Å². The van der Waals surface area contributed by atoms with Crippen molar-refractivity contribution in [2.75, 3.05) is 13.1 Å². The molecule has 0 saturated carbocycles. The van der Waals surface area contributed by atoms with E-state index >= 15 is 0 Å². The summed E-state index contributed by atoms with van der Waals surface area (Å²) in [5.41, 5.74) is 0.166. The zero-order valence-corrected chi connectivity index (χ0v) is 13.1. The number of likely N-dealkylation sites (tertiary alicyclic amines) is 1. The molecule has 0 aliphatic carbocycles. The highest BCUT2D eigenvalue weighted by molar-refractivity contribution is 5.89. The third kappa shape index (κ3) is 4.69. The molecular weight excluding hydrogens is 328 g/mol. The van der Waals surface area contributed by atoms with Gasteiger partial charge in [-0.05, 0) is 24.6 Å². The van der Waals surface area contributed by atoms with Gasteiger partial charge < -0.3 is 10.2 Å². The maximum Gasteiger partial charge on any atom is 0.391 e. The minimum atomic E-state index is -4.49. The minimum Gasteiger partial charge on any atom is -0.349 e. The Bertz CT molecular complexity index is 601. The van der Waals surface area contributed by atoms with E-state index in [2.05, 4.69) is 5.32 Å². The van der Waals surface area contributed by atoms with Crippen molar-refractivity contribution in [1.29, 1.82) is 0 Å². The molecule has 0 spiro atoms. The highest BCUT2D eigenvalue weighted by Gasteiger charge is 2.37. The normalized spacial score (nSPS) is 19.5. The first kappa shape index (κ1) is 18.2. The number of halogens is 4. The molecule has 1 aromatic rings. The van der Waals surface area contributed by atoms with Gasteiger partial charge in [-0.3, -0.25) is 9.59 Å². The number of carbonyl (C=O) groups excluding carboxylic acids is 2. The lowest BCUT2D eigenvalue weighted by Gasteiger charge is -2.22. The molecule has 0 bridgehead atoms. The molecule has 1 fully saturated rings. The van der Waals surface area contributed by atoms with Crippen LogP contribution in [0.3, 0.4) is 0 Å². The zero-order valence-electron chi connectivity index (χ0n) is 13.1. The fourth-order valence-electron chi connectivity index (χ4n) is 2.72. The largest absolute Gasteiger partial charge is 0.391 e. The molecule has 0 radical (unpaired) electrons. The third-order valence-corrected chi connectivity index (χ3v) is 3.99. The molecule has 24 heavy (non-hydrogen) atoms. The van der Waals surface area contributed by atoms with Crippen molar-refractivity contribution in [3.05, 3.63) is 35.6 Å². The van der Waals surface area contributed by atoms with Gasteiger partial charge in [-0.15, -0.1) is 0 Å². The van der Waals surface area contributed by atoms with Gasteiger partial charge in [0, 0.05) is 19.5 Å². The summed E-state index contributed by atoms with van der Waals surface area (Å²) in [4.78, 5) is 25.4. The van der Waals surface area contributed by atoms with Gasteiger partial charge in [0.05, 0.1) is 18.4 Å². The van der Waals surface area contributed by atoms with E-state index in [1.54, 1.807) is 6.92 Å². The van der Waals surface area contributed by atoms with Crippen molar-refractivity contribution in [3.63, 3.8) is 0 Å². The van der Waals surface area contributed by atoms with Crippen molar-refractivity contribution < 1.29 is 27.2 Å². The number of hydrogen-bond donors (Lipinski definition) is 1. The molecule has 1 saturated heterocycles. The van der Waals surface area contributed by atoms with E-state index in [4.69, 9.17) is 0 Å². The lowest BCUT2D eigenvalue weighted by atomic mass is 10.0. The van der Waals surface area contributed by atoms with Crippen LogP contribution in [0.15, 0.2) is 24.3 Å². The summed E-state index contributed by atoms with van der Waals surface area (Å²) in [5.74, 6) is -2.03. The van der Waals surface area contributed by atoms with Crippen LogP contribution in [0, 0.1) is 11.7 Å². The number of carbonyl (C=O) groups is 2. The standard InChI is InChI=1S/C16H18F4N2O2/c1-2-22-9-11(7-14(22)23)15(24)21-13(8-16(18,19)20)10-3-5-12(17)6-4-10/h3-6,11,13H,2,7-9H2,1H3,(H,21,24)/t11-,13-/m1/s1. The predicted molar refractivity (Wildman–Crippen MR) is 78.3 cm³/mol. The van der Waals surface area contributed by atoms with E-state index in [0.717, 1.165) is 12.1 Å². The molecule has 8 heteroatoms. The van der Waals surface area contributed by atoms with Crippen molar-refractivity contribution in [2.24, 2.45) is 5.92 Å². The topological polar surface area (TPSA) is 49.4 Å². The molecule has 2 rings (SSSR count). The Hall–Kier alpha value is -2.12. The highest BCUT2D eigenvalue weighted by Crippen LogP contribution is 2.30. The number of amides is 2. The Morgan fingerprint density at radius 1 is 1.33 bits per heavy atom. The van der Waals surface area contributed by atoms with Gasteiger partial charge in [0.25, 0.3) is 0 Å². The van der Waals surface area contributed by atoms with Gasteiger partial charge in [0.1, 0.15) is 5.82 Å². The predicted octanol–water partition coefficient (Wildman–Crippen LogP) is 2.80.